The second-order valence-electron chi connectivity index (χ2n) is 5.94. The van der Waals surface area contributed by atoms with Gasteiger partial charge in [-0.2, -0.15) is 0 Å². The molecule has 0 radical (unpaired) electrons. The van der Waals surface area contributed by atoms with Gasteiger partial charge in [-0.3, -0.25) is 4.90 Å². The molecule has 1 unspecified atom stereocenters. The van der Waals surface area contributed by atoms with Gasteiger partial charge in [0, 0.05) is 41.8 Å². The van der Waals surface area contributed by atoms with Gasteiger partial charge in [0.1, 0.15) is 0 Å². The summed E-state index contributed by atoms with van der Waals surface area (Å²) in [6.07, 6.45) is 2.05. The summed E-state index contributed by atoms with van der Waals surface area (Å²) in [4.78, 5) is 17.3. The fraction of sp³-hybridized carbons (Fsp3) is 0.471. The van der Waals surface area contributed by atoms with Gasteiger partial charge in [-0.25, -0.2) is 4.79 Å². The van der Waals surface area contributed by atoms with Crippen LogP contribution in [-0.2, 0) is 9.47 Å². The lowest BCUT2D eigenvalue weighted by atomic mass is 10.0. The summed E-state index contributed by atoms with van der Waals surface area (Å²) in [5.74, 6) is -0.321. The van der Waals surface area contributed by atoms with Crippen LogP contribution in [0.4, 0.5) is 0 Å². The summed E-state index contributed by atoms with van der Waals surface area (Å²) in [7, 11) is 1.39. The molecule has 1 aromatic heterocycles. The van der Waals surface area contributed by atoms with Crippen molar-refractivity contribution in [1.82, 2.24) is 9.88 Å². The Morgan fingerprint density at radius 2 is 2.27 bits per heavy atom. The number of aromatic amines is 1. The molecule has 0 bridgehead atoms. The Balaban J connectivity index is 1.90. The third kappa shape index (κ3) is 2.74. The number of benzene rings is 1. The molecule has 118 valence electrons. The standard InChI is InChI=1S/C17H22N2O3/c1-11(2)19-6-7-22-16(10-19)14-9-18-15-8-12(17(20)21-3)4-5-13(14)15/h4-5,8-9,11,16,18H,6-7,10H2,1-3H3. The van der Waals surface area contributed by atoms with Crippen LogP contribution in [-0.4, -0.2) is 48.7 Å². The first kappa shape index (κ1) is 15.1. The van der Waals surface area contributed by atoms with E-state index in [0.717, 1.165) is 36.2 Å². The van der Waals surface area contributed by atoms with Gasteiger partial charge >= 0.3 is 5.97 Å². The summed E-state index contributed by atoms with van der Waals surface area (Å²) in [5.41, 5.74) is 2.64. The molecule has 0 saturated carbocycles. The van der Waals surface area contributed by atoms with E-state index in [-0.39, 0.29) is 12.1 Å². The van der Waals surface area contributed by atoms with Crippen molar-refractivity contribution in [3.05, 3.63) is 35.5 Å². The Morgan fingerprint density at radius 3 is 3.00 bits per heavy atom. The van der Waals surface area contributed by atoms with Gasteiger partial charge in [0.25, 0.3) is 0 Å². The van der Waals surface area contributed by atoms with E-state index in [0.29, 0.717) is 11.6 Å². The molecule has 1 aliphatic heterocycles. The highest BCUT2D eigenvalue weighted by atomic mass is 16.5. The molecule has 1 aliphatic rings. The zero-order chi connectivity index (χ0) is 15.7. The van der Waals surface area contributed by atoms with Crippen molar-refractivity contribution in [3.63, 3.8) is 0 Å². The van der Waals surface area contributed by atoms with Crippen molar-refractivity contribution in [3.8, 4) is 0 Å². The zero-order valence-electron chi connectivity index (χ0n) is 13.3. The van der Waals surface area contributed by atoms with E-state index < -0.39 is 0 Å². The predicted octanol–water partition coefficient (Wildman–Crippen LogP) is 2.74. The van der Waals surface area contributed by atoms with Gasteiger partial charge in [-0.1, -0.05) is 6.07 Å². The number of carbonyl (C=O) groups excluding carboxylic acids is 1. The van der Waals surface area contributed by atoms with Crippen LogP contribution in [0, 0.1) is 0 Å². The molecule has 5 heteroatoms. The fourth-order valence-corrected chi connectivity index (χ4v) is 2.99. The lowest BCUT2D eigenvalue weighted by Crippen LogP contribution is -2.42. The first-order valence-corrected chi connectivity index (χ1v) is 7.65. The second-order valence-corrected chi connectivity index (χ2v) is 5.94. The monoisotopic (exact) mass is 302 g/mol. The van der Waals surface area contributed by atoms with E-state index in [1.807, 2.05) is 18.3 Å². The van der Waals surface area contributed by atoms with E-state index in [2.05, 4.69) is 23.7 Å². The molecule has 22 heavy (non-hydrogen) atoms. The highest BCUT2D eigenvalue weighted by Gasteiger charge is 2.25. The van der Waals surface area contributed by atoms with Gasteiger partial charge in [0.2, 0.25) is 0 Å². The van der Waals surface area contributed by atoms with Crippen molar-refractivity contribution < 1.29 is 14.3 Å². The number of rotatable bonds is 3. The van der Waals surface area contributed by atoms with Crippen LogP contribution in [0.2, 0.25) is 0 Å². The highest BCUT2D eigenvalue weighted by molar-refractivity contribution is 5.95. The summed E-state index contributed by atoms with van der Waals surface area (Å²) in [6, 6.07) is 6.11. The Labute approximate surface area is 130 Å². The van der Waals surface area contributed by atoms with Crippen LogP contribution in [0.25, 0.3) is 10.9 Å². The summed E-state index contributed by atoms with van der Waals surface area (Å²) < 4.78 is 10.7. The molecule has 1 aromatic carbocycles. The molecular weight excluding hydrogens is 280 g/mol. The molecule has 1 N–H and O–H groups in total. The molecule has 0 amide bonds. The lowest BCUT2D eigenvalue weighted by Gasteiger charge is -2.35. The van der Waals surface area contributed by atoms with E-state index in [4.69, 9.17) is 9.47 Å². The summed E-state index contributed by atoms with van der Waals surface area (Å²) >= 11 is 0. The van der Waals surface area contributed by atoms with Gasteiger partial charge in [0.05, 0.1) is 25.4 Å². The molecule has 2 heterocycles. The number of nitrogens with one attached hydrogen (secondary N) is 1. The molecule has 0 aliphatic carbocycles. The number of H-pyrrole nitrogens is 1. The van der Waals surface area contributed by atoms with Crippen LogP contribution in [0.5, 0.6) is 0 Å². The first-order valence-electron chi connectivity index (χ1n) is 7.65. The van der Waals surface area contributed by atoms with Crippen molar-refractivity contribution in [1.29, 1.82) is 0 Å². The number of hydrogen-bond acceptors (Lipinski definition) is 4. The van der Waals surface area contributed by atoms with Crippen LogP contribution >= 0.6 is 0 Å². The minimum Gasteiger partial charge on any atom is -0.465 e. The maximum Gasteiger partial charge on any atom is 0.337 e. The molecule has 2 aromatic rings. The average molecular weight is 302 g/mol. The SMILES string of the molecule is COC(=O)c1ccc2c(C3CN(C(C)C)CCO3)c[nH]c2c1. The fourth-order valence-electron chi connectivity index (χ4n) is 2.99. The van der Waals surface area contributed by atoms with Crippen LogP contribution in [0.3, 0.4) is 0 Å². The Morgan fingerprint density at radius 1 is 1.45 bits per heavy atom. The normalized spacial score (nSPS) is 19.7. The highest BCUT2D eigenvalue weighted by Crippen LogP contribution is 2.30. The van der Waals surface area contributed by atoms with Gasteiger partial charge in [-0.05, 0) is 26.0 Å². The molecule has 5 nitrogen and oxygen atoms in total. The largest absolute Gasteiger partial charge is 0.465 e. The van der Waals surface area contributed by atoms with Crippen LogP contribution < -0.4 is 0 Å². The Bertz CT molecular complexity index is 678. The number of morpholine rings is 1. The average Bonchev–Trinajstić information content (AvgIpc) is 2.97. The number of fused-ring (bicyclic) bond motifs is 1. The summed E-state index contributed by atoms with van der Waals surface area (Å²) in [6.45, 7) is 7.03. The smallest absolute Gasteiger partial charge is 0.337 e. The van der Waals surface area contributed by atoms with Crippen molar-refractivity contribution in [2.24, 2.45) is 0 Å². The quantitative estimate of drug-likeness (QED) is 0.886. The molecule has 1 atom stereocenters. The topological polar surface area (TPSA) is 54.6 Å². The van der Waals surface area contributed by atoms with Gasteiger partial charge in [-0.15, -0.1) is 0 Å². The van der Waals surface area contributed by atoms with E-state index >= 15 is 0 Å². The second kappa shape index (κ2) is 6.10. The molecule has 1 fully saturated rings. The Hall–Kier alpha value is -1.85. The van der Waals surface area contributed by atoms with Gasteiger partial charge < -0.3 is 14.5 Å². The van der Waals surface area contributed by atoms with Crippen molar-refractivity contribution in [2.75, 3.05) is 26.8 Å². The number of hydrogen-bond donors (Lipinski definition) is 1. The number of methoxy groups -OCH3 is 1. The molecule has 3 rings (SSSR count). The maximum atomic E-state index is 11.6. The maximum absolute atomic E-state index is 11.6. The van der Waals surface area contributed by atoms with E-state index in [1.54, 1.807) is 6.07 Å². The number of aromatic nitrogens is 1. The number of esters is 1. The van der Waals surface area contributed by atoms with Crippen LogP contribution in [0.15, 0.2) is 24.4 Å². The van der Waals surface area contributed by atoms with E-state index in [1.165, 1.54) is 7.11 Å². The van der Waals surface area contributed by atoms with Crippen molar-refractivity contribution in [2.45, 2.75) is 26.0 Å². The lowest BCUT2D eigenvalue weighted by molar-refractivity contribution is -0.0395. The van der Waals surface area contributed by atoms with Crippen LogP contribution in [0.1, 0.15) is 35.9 Å². The number of nitrogens with zero attached hydrogens (tertiary/aromatic N) is 1. The minimum absolute atomic E-state index is 0.0638. The number of carbonyl (C=O) groups is 1. The van der Waals surface area contributed by atoms with E-state index in [9.17, 15) is 4.79 Å². The third-order valence-corrected chi connectivity index (χ3v) is 4.31. The number of ether oxygens (including phenoxy) is 2. The summed E-state index contributed by atoms with van der Waals surface area (Å²) in [5, 5.41) is 1.10. The predicted molar refractivity (Wildman–Crippen MR) is 85.0 cm³/mol. The molecule has 1 saturated heterocycles. The zero-order valence-corrected chi connectivity index (χ0v) is 13.3. The molecule has 0 spiro atoms. The minimum atomic E-state index is -0.321. The third-order valence-electron chi connectivity index (χ3n) is 4.31. The Kier molecular flexibility index (Phi) is 4.18. The molecular formula is C17H22N2O3. The first-order chi connectivity index (χ1) is 10.6. The van der Waals surface area contributed by atoms with Crippen molar-refractivity contribution >= 4 is 16.9 Å². The van der Waals surface area contributed by atoms with Gasteiger partial charge in [0.15, 0.2) is 0 Å².